The van der Waals surface area contributed by atoms with Gasteiger partial charge in [0.15, 0.2) is 0 Å². The highest BCUT2D eigenvalue weighted by atomic mass is 32.1. The fourth-order valence-electron chi connectivity index (χ4n) is 2.28. The Bertz CT molecular complexity index is 631. The molecular formula is C14H19N5OS. The van der Waals surface area contributed by atoms with Crippen LogP contribution in [0.1, 0.15) is 41.1 Å². The van der Waals surface area contributed by atoms with Crippen molar-refractivity contribution in [2.75, 3.05) is 7.05 Å². The van der Waals surface area contributed by atoms with Gasteiger partial charge in [0, 0.05) is 30.1 Å². The number of nitrogens with one attached hydrogen (secondary N) is 2. The van der Waals surface area contributed by atoms with Crippen molar-refractivity contribution >= 4 is 17.2 Å². The minimum absolute atomic E-state index is 0.0614. The lowest BCUT2D eigenvalue weighted by molar-refractivity contribution is -0.123. The number of likely N-dealkylation sites (N-methyl/N-ethyl adjacent to an activating group) is 1. The van der Waals surface area contributed by atoms with E-state index in [0.717, 1.165) is 10.6 Å². The first-order chi connectivity index (χ1) is 10.2. The van der Waals surface area contributed by atoms with Crippen molar-refractivity contribution in [2.24, 2.45) is 7.05 Å². The molecule has 0 bridgehead atoms. The van der Waals surface area contributed by atoms with E-state index in [1.54, 1.807) is 29.3 Å². The lowest BCUT2D eigenvalue weighted by Crippen LogP contribution is -2.35. The number of aryl methyl sites for hydroxylation is 1. The normalized spacial score (nSPS) is 15.9. The summed E-state index contributed by atoms with van der Waals surface area (Å²) >= 11 is 1.62. The third-order valence-electron chi connectivity index (χ3n) is 3.59. The molecule has 0 radical (unpaired) electrons. The van der Waals surface area contributed by atoms with Gasteiger partial charge in [-0.25, -0.2) is 4.98 Å². The lowest BCUT2D eigenvalue weighted by Gasteiger charge is -2.13. The smallest absolute Gasteiger partial charge is 0.242 e. The molecule has 1 amide bonds. The second kappa shape index (κ2) is 5.95. The number of hydrogen-bond acceptors (Lipinski definition) is 5. The van der Waals surface area contributed by atoms with Crippen LogP contribution in [0.15, 0.2) is 17.8 Å². The van der Waals surface area contributed by atoms with Gasteiger partial charge in [-0.2, -0.15) is 5.10 Å². The number of carbonyl (C=O) groups is 1. The number of hydrogen-bond donors (Lipinski definition) is 2. The summed E-state index contributed by atoms with van der Waals surface area (Å²) in [7, 11) is 3.61. The zero-order chi connectivity index (χ0) is 14.8. The molecule has 2 aromatic rings. The average Bonchev–Trinajstić information content (AvgIpc) is 3.07. The molecule has 112 valence electrons. The van der Waals surface area contributed by atoms with Gasteiger partial charge in [-0.1, -0.05) is 0 Å². The van der Waals surface area contributed by atoms with Crippen LogP contribution in [0.25, 0.3) is 0 Å². The van der Waals surface area contributed by atoms with Crippen LogP contribution in [0.3, 0.4) is 0 Å². The van der Waals surface area contributed by atoms with E-state index in [1.807, 2.05) is 13.2 Å². The topological polar surface area (TPSA) is 71.8 Å². The number of nitrogens with zero attached hydrogens (tertiary/aromatic N) is 3. The van der Waals surface area contributed by atoms with Gasteiger partial charge in [0.1, 0.15) is 11.0 Å². The van der Waals surface area contributed by atoms with E-state index in [2.05, 4.69) is 26.1 Å². The molecule has 6 nitrogen and oxygen atoms in total. The molecule has 1 aliphatic rings. The standard InChI is InChI=1S/C14H19N5OS/c1-15-13(10-5-17-19(2)7-10)14(20)16-6-12-18-11(8-21-12)9-3-4-9/h5,7-9,13,15H,3-4,6H2,1-2H3,(H,16,20). The van der Waals surface area contributed by atoms with Gasteiger partial charge in [0.2, 0.25) is 5.91 Å². The molecule has 3 rings (SSSR count). The molecule has 0 aliphatic heterocycles. The molecule has 0 spiro atoms. The van der Waals surface area contributed by atoms with E-state index in [-0.39, 0.29) is 11.9 Å². The Morgan fingerprint density at radius 3 is 3.00 bits per heavy atom. The molecule has 0 aromatic carbocycles. The highest BCUT2D eigenvalue weighted by molar-refractivity contribution is 7.09. The Kier molecular flexibility index (Phi) is 4.03. The first-order valence-corrected chi connectivity index (χ1v) is 7.93. The molecular weight excluding hydrogens is 286 g/mol. The zero-order valence-corrected chi connectivity index (χ0v) is 13.0. The fraction of sp³-hybridized carbons (Fsp3) is 0.500. The SMILES string of the molecule is CNC(C(=O)NCc1nc(C2CC2)cs1)c1cnn(C)c1. The Labute approximate surface area is 127 Å². The van der Waals surface area contributed by atoms with Gasteiger partial charge in [0.25, 0.3) is 0 Å². The number of rotatable bonds is 6. The van der Waals surface area contributed by atoms with Gasteiger partial charge < -0.3 is 10.6 Å². The van der Waals surface area contributed by atoms with Crippen molar-refractivity contribution in [1.82, 2.24) is 25.4 Å². The van der Waals surface area contributed by atoms with Crippen LogP contribution in [0, 0.1) is 0 Å². The summed E-state index contributed by atoms with van der Waals surface area (Å²) < 4.78 is 1.69. The Morgan fingerprint density at radius 2 is 2.38 bits per heavy atom. The molecule has 1 saturated carbocycles. The van der Waals surface area contributed by atoms with Crippen molar-refractivity contribution in [3.05, 3.63) is 34.0 Å². The predicted molar refractivity (Wildman–Crippen MR) is 80.9 cm³/mol. The summed E-state index contributed by atoms with van der Waals surface area (Å²) in [6, 6.07) is -0.387. The maximum atomic E-state index is 12.3. The van der Waals surface area contributed by atoms with Crippen molar-refractivity contribution in [2.45, 2.75) is 31.3 Å². The second-order valence-corrected chi connectivity index (χ2v) is 6.27. The zero-order valence-electron chi connectivity index (χ0n) is 12.2. The number of thiazole rings is 1. The number of amides is 1. The summed E-state index contributed by atoms with van der Waals surface area (Å²) in [5.74, 6) is 0.597. The van der Waals surface area contributed by atoms with E-state index in [0.29, 0.717) is 12.5 Å². The summed E-state index contributed by atoms with van der Waals surface area (Å²) in [6.07, 6.45) is 6.04. The maximum Gasteiger partial charge on any atom is 0.242 e. The third kappa shape index (κ3) is 3.30. The minimum atomic E-state index is -0.387. The van der Waals surface area contributed by atoms with Gasteiger partial charge in [-0.05, 0) is 19.9 Å². The van der Waals surface area contributed by atoms with Crippen molar-refractivity contribution in [1.29, 1.82) is 0 Å². The van der Waals surface area contributed by atoms with Crippen LogP contribution in [0.4, 0.5) is 0 Å². The van der Waals surface area contributed by atoms with Crippen molar-refractivity contribution in [3.63, 3.8) is 0 Å². The van der Waals surface area contributed by atoms with Crippen molar-refractivity contribution in [3.8, 4) is 0 Å². The van der Waals surface area contributed by atoms with E-state index in [4.69, 9.17) is 0 Å². The molecule has 2 heterocycles. The average molecular weight is 305 g/mol. The minimum Gasteiger partial charge on any atom is -0.348 e. The maximum absolute atomic E-state index is 12.3. The summed E-state index contributed by atoms with van der Waals surface area (Å²) in [4.78, 5) is 16.8. The number of aromatic nitrogens is 3. The van der Waals surface area contributed by atoms with Gasteiger partial charge in [-0.15, -0.1) is 11.3 Å². The molecule has 1 atom stereocenters. The quantitative estimate of drug-likeness (QED) is 0.844. The van der Waals surface area contributed by atoms with E-state index in [1.165, 1.54) is 18.5 Å². The second-order valence-electron chi connectivity index (χ2n) is 5.33. The first kappa shape index (κ1) is 14.2. The van der Waals surface area contributed by atoms with Crippen LogP contribution in [0.5, 0.6) is 0 Å². The number of carbonyl (C=O) groups excluding carboxylic acids is 1. The highest BCUT2D eigenvalue weighted by Crippen LogP contribution is 2.40. The molecule has 1 aliphatic carbocycles. The molecule has 1 fully saturated rings. The van der Waals surface area contributed by atoms with E-state index >= 15 is 0 Å². The lowest BCUT2D eigenvalue weighted by atomic mass is 10.1. The van der Waals surface area contributed by atoms with Crippen LogP contribution in [-0.4, -0.2) is 27.7 Å². The van der Waals surface area contributed by atoms with E-state index < -0.39 is 0 Å². The highest BCUT2D eigenvalue weighted by Gasteiger charge is 2.26. The summed E-state index contributed by atoms with van der Waals surface area (Å²) in [6.45, 7) is 0.481. The predicted octanol–water partition coefficient (Wildman–Crippen LogP) is 1.33. The largest absolute Gasteiger partial charge is 0.348 e. The van der Waals surface area contributed by atoms with Crippen molar-refractivity contribution < 1.29 is 4.79 Å². The fourth-order valence-corrected chi connectivity index (χ4v) is 3.09. The molecule has 2 N–H and O–H groups in total. The van der Waals surface area contributed by atoms with E-state index in [9.17, 15) is 4.79 Å². The molecule has 2 aromatic heterocycles. The monoisotopic (exact) mass is 305 g/mol. The summed E-state index contributed by atoms with van der Waals surface area (Å²) in [5, 5.41) is 13.1. The van der Waals surface area contributed by atoms with Gasteiger partial charge >= 0.3 is 0 Å². The third-order valence-corrected chi connectivity index (χ3v) is 4.46. The molecule has 1 unspecified atom stereocenters. The van der Waals surface area contributed by atoms with Crippen LogP contribution < -0.4 is 10.6 Å². The van der Waals surface area contributed by atoms with Gasteiger partial charge in [-0.3, -0.25) is 9.48 Å². The first-order valence-electron chi connectivity index (χ1n) is 7.05. The van der Waals surface area contributed by atoms with Crippen LogP contribution >= 0.6 is 11.3 Å². The molecule has 7 heteroatoms. The Morgan fingerprint density at radius 1 is 1.57 bits per heavy atom. The Hall–Kier alpha value is -1.73. The summed E-state index contributed by atoms with van der Waals surface area (Å²) in [5.41, 5.74) is 2.04. The Balaban J connectivity index is 1.58. The molecule has 0 saturated heterocycles. The van der Waals surface area contributed by atoms with Gasteiger partial charge in [0.05, 0.1) is 18.4 Å². The van der Waals surface area contributed by atoms with Crippen LogP contribution in [-0.2, 0) is 18.4 Å². The van der Waals surface area contributed by atoms with Crippen LogP contribution in [0.2, 0.25) is 0 Å². The molecule has 21 heavy (non-hydrogen) atoms.